The van der Waals surface area contributed by atoms with Gasteiger partial charge in [0.15, 0.2) is 0 Å². The number of carbonyl (C=O) groups excluding carboxylic acids is 1. The average Bonchev–Trinajstić information content (AvgIpc) is 3.44. The van der Waals surface area contributed by atoms with E-state index in [0.717, 1.165) is 36.0 Å². The Labute approximate surface area is 206 Å². The monoisotopic (exact) mass is 503 g/mol. The van der Waals surface area contributed by atoms with Crippen molar-refractivity contribution in [2.24, 2.45) is 5.92 Å². The van der Waals surface area contributed by atoms with Gasteiger partial charge in [-0.2, -0.15) is 24.5 Å². The van der Waals surface area contributed by atoms with E-state index in [1.54, 1.807) is 23.5 Å². The van der Waals surface area contributed by atoms with Crippen LogP contribution in [0.25, 0.3) is 11.0 Å². The van der Waals surface area contributed by atoms with E-state index in [1.165, 1.54) is 0 Å². The minimum atomic E-state index is -4.41. The molecule has 0 unspecified atom stereocenters. The molecule has 1 amide bonds. The molecule has 1 aliphatic heterocycles. The van der Waals surface area contributed by atoms with E-state index >= 15 is 0 Å². The number of nitrogens with zero attached hydrogens (tertiary/aromatic N) is 3. The molecular formula is C25H28F3N5OS. The van der Waals surface area contributed by atoms with Crippen LogP contribution in [0, 0.1) is 17.8 Å². The summed E-state index contributed by atoms with van der Waals surface area (Å²) in [5.41, 5.74) is 2.36. The summed E-state index contributed by atoms with van der Waals surface area (Å²) in [5, 5.41) is 10.3. The maximum atomic E-state index is 13.3. The number of nitrogens with one attached hydrogen (secondary N) is 2. The lowest BCUT2D eigenvalue weighted by atomic mass is 9.93. The second-order valence-electron chi connectivity index (χ2n) is 9.02. The fourth-order valence-corrected chi connectivity index (χ4v) is 5.02. The quantitative estimate of drug-likeness (QED) is 0.396. The highest BCUT2D eigenvalue weighted by molar-refractivity contribution is 7.07. The summed E-state index contributed by atoms with van der Waals surface area (Å²) in [6.07, 6.45) is -2.47. The number of likely N-dealkylation sites (tertiary alicyclic amines) is 1. The van der Waals surface area contributed by atoms with E-state index < -0.39 is 12.7 Å². The first-order chi connectivity index (χ1) is 16.7. The van der Waals surface area contributed by atoms with Crippen LogP contribution in [-0.2, 0) is 13.1 Å². The third kappa shape index (κ3) is 6.63. The van der Waals surface area contributed by atoms with Crippen LogP contribution < -0.4 is 10.6 Å². The number of aromatic nitrogens is 2. The summed E-state index contributed by atoms with van der Waals surface area (Å²) in [6, 6.07) is 5.20. The van der Waals surface area contributed by atoms with Crippen LogP contribution in [0.5, 0.6) is 0 Å². The van der Waals surface area contributed by atoms with Gasteiger partial charge in [-0.1, -0.05) is 18.8 Å². The van der Waals surface area contributed by atoms with Crippen molar-refractivity contribution in [3.8, 4) is 11.8 Å². The van der Waals surface area contributed by atoms with E-state index in [9.17, 15) is 18.0 Å². The zero-order valence-electron chi connectivity index (χ0n) is 19.7. The number of alkyl halides is 3. The highest BCUT2D eigenvalue weighted by atomic mass is 32.1. The number of hydrogen-bond acceptors (Lipinski definition) is 5. The average molecular weight is 504 g/mol. The Bertz CT molecular complexity index is 1230. The Kier molecular flexibility index (Phi) is 7.79. The van der Waals surface area contributed by atoms with E-state index in [1.807, 2.05) is 23.9 Å². The molecule has 1 fully saturated rings. The third-order valence-corrected chi connectivity index (χ3v) is 6.83. The predicted octanol–water partition coefficient (Wildman–Crippen LogP) is 3.87. The molecule has 2 aromatic heterocycles. The number of hydrogen-bond donors (Lipinski definition) is 2. The van der Waals surface area contributed by atoms with Crippen LogP contribution in [0.3, 0.4) is 0 Å². The van der Waals surface area contributed by atoms with Crippen LogP contribution in [0.1, 0.15) is 34.8 Å². The number of rotatable bonds is 6. The first kappa shape index (κ1) is 25.2. The summed E-state index contributed by atoms with van der Waals surface area (Å²) < 4.78 is 40.4. The molecule has 2 atom stereocenters. The molecule has 3 aromatic rings. The molecule has 6 nitrogen and oxygen atoms in total. The van der Waals surface area contributed by atoms with Gasteiger partial charge < -0.3 is 20.1 Å². The lowest BCUT2D eigenvalue weighted by molar-refractivity contribution is -0.139. The lowest BCUT2D eigenvalue weighted by Gasteiger charge is -2.35. The molecule has 186 valence electrons. The Morgan fingerprint density at radius 3 is 2.89 bits per heavy atom. The van der Waals surface area contributed by atoms with Crippen LogP contribution in [-0.4, -0.2) is 59.3 Å². The van der Waals surface area contributed by atoms with E-state index in [0.29, 0.717) is 18.7 Å². The maximum Gasteiger partial charge on any atom is 0.406 e. The van der Waals surface area contributed by atoms with Gasteiger partial charge in [0.2, 0.25) is 0 Å². The molecule has 0 aliphatic carbocycles. The van der Waals surface area contributed by atoms with Crippen LogP contribution in [0.4, 0.5) is 13.2 Å². The summed E-state index contributed by atoms with van der Waals surface area (Å²) in [4.78, 5) is 19.6. The van der Waals surface area contributed by atoms with Gasteiger partial charge in [-0.3, -0.25) is 4.79 Å². The Morgan fingerprint density at radius 2 is 2.17 bits per heavy atom. The standard InChI is InChI=1S/C25H28F3N5OS/c1-17-13-32(2)8-5-21(17)31-24(34)20-10-18(4-3-7-29-12-19-6-9-35-14-19)11-22-23(20)30-16-33(22)15-25(26,27)28/h6,9-11,14,16-17,21,29H,5,7-8,12-13,15H2,1-2H3,(H,31,34)/t17-,21-/m0/s1. The van der Waals surface area contributed by atoms with Crippen molar-refractivity contribution in [3.63, 3.8) is 0 Å². The van der Waals surface area contributed by atoms with Crippen LogP contribution >= 0.6 is 11.3 Å². The largest absolute Gasteiger partial charge is 0.406 e. The molecule has 0 saturated carbocycles. The molecule has 4 rings (SSSR count). The first-order valence-corrected chi connectivity index (χ1v) is 12.4. The molecule has 1 aliphatic rings. The van der Waals surface area contributed by atoms with Gasteiger partial charge in [-0.25, -0.2) is 4.98 Å². The molecule has 0 spiro atoms. The van der Waals surface area contributed by atoms with Crippen molar-refractivity contribution in [2.75, 3.05) is 26.7 Å². The highest BCUT2D eigenvalue weighted by Gasteiger charge is 2.30. The number of imidazole rings is 1. The number of fused-ring (bicyclic) bond motifs is 1. The normalized spacial score (nSPS) is 18.9. The maximum absolute atomic E-state index is 13.3. The summed E-state index contributed by atoms with van der Waals surface area (Å²) in [5.74, 6) is 5.91. The minimum absolute atomic E-state index is 0.0120. The molecule has 0 bridgehead atoms. The molecule has 10 heteroatoms. The number of thiophene rings is 1. The summed E-state index contributed by atoms with van der Waals surface area (Å²) >= 11 is 1.62. The van der Waals surface area contributed by atoms with E-state index in [4.69, 9.17) is 0 Å². The number of carbonyl (C=O) groups is 1. The molecule has 1 saturated heterocycles. The van der Waals surface area contributed by atoms with Gasteiger partial charge in [-0.05, 0) is 60.5 Å². The topological polar surface area (TPSA) is 62.2 Å². The Balaban J connectivity index is 1.58. The van der Waals surface area contributed by atoms with Crippen LogP contribution in [0.15, 0.2) is 35.3 Å². The fraction of sp³-hybridized carbons (Fsp3) is 0.440. The van der Waals surface area contributed by atoms with E-state index in [-0.39, 0.29) is 34.5 Å². The summed E-state index contributed by atoms with van der Waals surface area (Å²) in [6.45, 7) is 3.72. The second-order valence-corrected chi connectivity index (χ2v) is 9.80. The number of amides is 1. The SMILES string of the molecule is C[C@H]1CN(C)CC[C@@H]1NC(=O)c1cc(C#CCNCc2ccsc2)cc2c1ncn2CC(F)(F)F. The fourth-order valence-electron chi connectivity index (χ4n) is 4.35. The molecule has 3 heterocycles. The highest BCUT2D eigenvalue weighted by Crippen LogP contribution is 2.25. The van der Waals surface area contributed by atoms with E-state index in [2.05, 4.69) is 39.3 Å². The molecule has 0 radical (unpaired) electrons. The van der Waals surface area contributed by atoms with Gasteiger partial charge in [0.05, 0.1) is 24.0 Å². The Hall–Kier alpha value is -2.87. The predicted molar refractivity (Wildman–Crippen MR) is 131 cm³/mol. The molecular weight excluding hydrogens is 475 g/mol. The molecule has 35 heavy (non-hydrogen) atoms. The first-order valence-electron chi connectivity index (χ1n) is 11.5. The zero-order chi connectivity index (χ0) is 25.0. The smallest absolute Gasteiger partial charge is 0.349 e. The number of halogens is 3. The van der Waals surface area contributed by atoms with Gasteiger partial charge in [0.25, 0.3) is 5.91 Å². The minimum Gasteiger partial charge on any atom is -0.349 e. The second kappa shape index (κ2) is 10.8. The van der Waals surface area contributed by atoms with Crippen molar-refractivity contribution >= 4 is 28.3 Å². The van der Waals surface area contributed by atoms with Gasteiger partial charge in [-0.15, -0.1) is 0 Å². The van der Waals surface area contributed by atoms with Gasteiger partial charge in [0.1, 0.15) is 12.1 Å². The molecule has 2 N–H and O–H groups in total. The van der Waals surface area contributed by atoms with Crippen molar-refractivity contribution in [2.45, 2.75) is 38.7 Å². The zero-order valence-corrected chi connectivity index (χ0v) is 20.5. The Morgan fingerprint density at radius 1 is 1.34 bits per heavy atom. The van der Waals surface area contributed by atoms with Crippen LogP contribution in [0.2, 0.25) is 0 Å². The lowest BCUT2D eigenvalue weighted by Crippen LogP contribution is -2.48. The number of benzene rings is 1. The van der Waals surface area contributed by atoms with Crippen molar-refractivity contribution in [1.82, 2.24) is 25.1 Å². The van der Waals surface area contributed by atoms with Crippen molar-refractivity contribution in [1.29, 1.82) is 0 Å². The summed E-state index contributed by atoms with van der Waals surface area (Å²) in [7, 11) is 2.04. The number of piperidine rings is 1. The van der Waals surface area contributed by atoms with Crippen molar-refractivity contribution in [3.05, 3.63) is 52.0 Å². The van der Waals surface area contributed by atoms with Crippen molar-refractivity contribution < 1.29 is 18.0 Å². The van der Waals surface area contributed by atoms with Gasteiger partial charge >= 0.3 is 6.18 Å². The molecule has 1 aromatic carbocycles. The van der Waals surface area contributed by atoms with Gasteiger partial charge in [0, 0.05) is 24.7 Å². The third-order valence-electron chi connectivity index (χ3n) is 6.10.